The van der Waals surface area contributed by atoms with Crippen LogP contribution in [-0.2, 0) is 4.74 Å². The fourth-order valence-electron chi connectivity index (χ4n) is 2.14. The van der Waals surface area contributed by atoms with Gasteiger partial charge in [0.15, 0.2) is 0 Å². The zero-order valence-electron chi connectivity index (χ0n) is 10.9. The first-order valence-electron chi connectivity index (χ1n) is 6.43. The maximum atomic E-state index is 12.4. The van der Waals surface area contributed by atoms with Gasteiger partial charge in [-0.25, -0.2) is 4.98 Å². The number of amides is 1. The van der Waals surface area contributed by atoms with E-state index in [-0.39, 0.29) is 17.8 Å². The van der Waals surface area contributed by atoms with E-state index >= 15 is 0 Å². The van der Waals surface area contributed by atoms with Crippen molar-refractivity contribution < 1.29 is 9.53 Å². The number of hydrogen-bond acceptors (Lipinski definition) is 4. The molecule has 0 bridgehead atoms. The normalized spacial score (nSPS) is 18.5. The molecule has 1 atom stereocenters. The lowest BCUT2D eigenvalue weighted by Gasteiger charge is -2.24. The minimum atomic E-state index is -0.0904. The lowest BCUT2D eigenvalue weighted by Crippen LogP contribution is -2.37. The van der Waals surface area contributed by atoms with Gasteiger partial charge >= 0.3 is 0 Å². The van der Waals surface area contributed by atoms with Crippen molar-refractivity contribution in [2.24, 2.45) is 0 Å². The van der Waals surface area contributed by atoms with Crippen LogP contribution < -0.4 is 5.73 Å². The summed E-state index contributed by atoms with van der Waals surface area (Å²) in [6.45, 7) is 3.96. The summed E-state index contributed by atoms with van der Waals surface area (Å²) in [5, 5.41) is 0.305. The smallest absolute Gasteiger partial charge is 0.255 e. The number of likely N-dealkylation sites (N-methyl/N-ethyl adjacent to an activating group) is 1. The Labute approximate surface area is 117 Å². The minimum Gasteiger partial charge on any atom is -0.382 e. The zero-order valence-corrected chi connectivity index (χ0v) is 11.7. The molecule has 1 fully saturated rings. The lowest BCUT2D eigenvalue weighted by atomic mass is 10.2. The van der Waals surface area contributed by atoms with E-state index < -0.39 is 0 Å². The van der Waals surface area contributed by atoms with Crippen molar-refractivity contribution in [1.29, 1.82) is 0 Å². The van der Waals surface area contributed by atoms with Crippen LogP contribution in [-0.4, -0.2) is 41.6 Å². The third-order valence-corrected chi connectivity index (χ3v) is 3.54. The van der Waals surface area contributed by atoms with Crippen molar-refractivity contribution in [1.82, 2.24) is 9.88 Å². The molecule has 1 aliphatic rings. The standard InChI is InChI=1S/C13H18ClN3O2/c1-2-17(8-10-4-3-5-19-10)13(18)9-6-11(14)12(15)16-7-9/h6-7,10H,2-5,8H2,1H3,(H2,15,16). The van der Waals surface area contributed by atoms with Crippen molar-refractivity contribution >= 4 is 23.3 Å². The molecular weight excluding hydrogens is 266 g/mol. The molecule has 6 heteroatoms. The lowest BCUT2D eigenvalue weighted by molar-refractivity contribution is 0.0539. The number of anilines is 1. The summed E-state index contributed by atoms with van der Waals surface area (Å²) in [4.78, 5) is 18.0. The molecule has 19 heavy (non-hydrogen) atoms. The Bertz CT molecular complexity index is 461. The van der Waals surface area contributed by atoms with Gasteiger partial charge in [0.2, 0.25) is 0 Å². The minimum absolute atomic E-state index is 0.0904. The highest BCUT2D eigenvalue weighted by molar-refractivity contribution is 6.33. The zero-order chi connectivity index (χ0) is 13.8. The van der Waals surface area contributed by atoms with Crippen LogP contribution in [0, 0.1) is 0 Å². The summed E-state index contributed by atoms with van der Waals surface area (Å²) < 4.78 is 5.56. The van der Waals surface area contributed by atoms with Gasteiger partial charge < -0.3 is 15.4 Å². The molecule has 5 nitrogen and oxygen atoms in total. The largest absolute Gasteiger partial charge is 0.382 e. The van der Waals surface area contributed by atoms with Crippen molar-refractivity contribution in [2.45, 2.75) is 25.9 Å². The van der Waals surface area contributed by atoms with Crippen LogP contribution in [0.3, 0.4) is 0 Å². The monoisotopic (exact) mass is 283 g/mol. The molecule has 2 heterocycles. The molecule has 1 unspecified atom stereocenters. The van der Waals surface area contributed by atoms with Gasteiger partial charge in [0, 0.05) is 25.9 Å². The van der Waals surface area contributed by atoms with Gasteiger partial charge in [-0.05, 0) is 25.8 Å². The third kappa shape index (κ3) is 3.36. The van der Waals surface area contributed by atoms with Crippen molar-refractivity contribution in [3.8, 4) is 0 Å². The first-order chi connectivity index (χ1) is 9.11. The molecular formula is C13H18ClN3O2. The van der Waals surface area contributed by atoms with Gasteiger partial charge in [-0.2, -0.15) is 0 Å². The number of nitrogens with zero attached hydrogens (tertiary/aromatic N) is 2. The van der Waals surface area contributed by atoms with Crippen molar-refractivity contribution in [3.63, 3.8) is 0 Å². The molecule has 1 amide bonds. The second-order valence-corrected chi connectivity index (χ2v) is 4.98. The van der Waals surface area contributed by atoms with E-state index in [2.05, 4.69) is 4.98 Å². The number of nitrogen functional groups attached to an aromatic ring is 1. The molecule has 1 saturated heterocycles. The SMILES string of the molecule is CCN(CC1CCCO1)C(=O)c1cnc(N)c(Cl)c1. The van der Waals surface area contributed by atoms with Crippen LogP contribution in [0.25, 0.3) is 0 Å². The molecule has 2 rings (SSSR count). The molecule has 0 aliphatic carbocycles. The summed E-state index contributed by atoms with van der Waals surface area (Å²) in [6, 6.07) is 1.56. The van der Waals surface area contributed by atoms with E-state index in [1.807, 2.05) is 6.92 Å². The van der Waals surface area contributed by atoms with Crippen LogP contribution in [0.5, 0.6) is 0 Å². The quantitative estimate of drug-likeness (QED) is 0.917. The van der Waals surface area contributed by atoms with Gasteiger partial charge in [-0.3, -0.25) is 4.79 Å². The molecule has 1 aliphatic heterocycles. The summed E-state index contributed by atoms with van der Waals surface area (Å²) in [7, 11) is 0. The summed E-state index contributed by atoms with van der Waals surface area (Å²) in [6.07, 6.45) is 3.67. The Morgan fingerprint density at radius 1 is 1.68 bits per heavy atom. The highest BCUT2D eigenvalue weighted by atomic mass is 35.5. The highest BCUT2D eigenvalue weighted by Crippen LogP contribution is 2.19. The van der Waals surface area contributed by atoms with Gasteiger partial charge in [0.25, 0.3) is 5.91 Å². The molecule has 0 radical (unpaired) electrons. The number of hydrogen-bond donors (Lipinski definition) is 1. The Balaban J connectivity index is 2.08. The second-order valence-electron chi connectivity index (χ2n) is 4.57. The van der Waals surface area contributed by atoms with Gasteiger partial charge in [0.05, 0.1) is 16.7 Å². The summed E-state index contributed by atoms with van der Waals surface area (Å²) in [5.74, 6) is 0.146. The van der Waals surface area contributed by atoms with E-state index in [9.17, 15) is 4.79 Å². The van der Waals surface area contributed by atoms with E-state index in [0.717, 1.165) is 19.4 Å². The van der Waals surface area contributed by atoms with Crippen molar-refractivity contribution in [3.05, 3.63) is 22.8 Å². The highest BCUT2D eigenvalue weighted by Gasteiger charge is 2.22. The summed E-state index contributed by atoms with van der Waals surface area (Å²) >= 11 is 5.89. The van der Waals surface area contributed by atoms with Crippen LogP contribution in [0.2, 0.25) is 5.02 Å². The number of carbonyl (C=O) groups excluding carboxylic acids is 1. The van der Waals surface area contributed by atoms with Gasteiger partial charge in [-0.15, -0.1) is 0 Å². The van der Waals surface area contributed by atoms with Crippen LogP contribution >= 0.6 is 11.6 Å². The van der Waals surface area contributed by atoms with Gasteiger partial charge in [-0.1, -0.05) is 11.6 Å². The predicted molar refractivity (Wildman–Crippen MR) is 74.2 cm³/mol. The number of ether oxygens (including phenoxy) is 1. The summed E-state index contributed by atoms with van der Waals surface area (Å²) in [5.41, 5.74) is 6.00. The Hall–Kier alpha value is -1.33. The second kappa shape index (κ2) is 6.21. The van der Waals surface area contributed by atoms with E-state index in [1.165, 1.54) is 6.20 Å². The Morgan fingerprint density at radius 2 is 2.47 bits per heavy atom. The maximum absolute atomic E-state index is 12.4. The van der Waals surface area contributed by atoms with Gasteiger partial charge in [0.1, 0.15) is 5.82 Å². The molecule has 1 aromatic heterocycles. The number of nitrogens with two attached hydrogens (primary N) is 1. The Morgan fingerprint density at radius 3 is 3.05 bits per heavy atom. The van der Waals surface area contributed by atoms with Crippen LogP contribution in [0.1, 0.15) is 30.1 Å². The molecule has 2 N–H and O–H groups in total. The van der Waals surface area contributed by atoms with Crippen LogP contribution in [0.15, 0.2) is 12.3 Å². The van der Waals surface area contributed by atoms with E-state index in [4.69, 9.17) is 22.1 Å². The number of aromatic nitrogens is 1. The predicted octanol–water partition coefficient (Wildman–Crippen LogP) is 1.96. The molecule has 0 saturated carbocycles. The molecule has 1 aromatic rings. The fraction of sp³-hybridized carbons (Fsp3) is 0.538. The topological polar surface area (TPSA) is 68.5 Å². The first kappa shape index (κ1) is 14.1. The molecule has 0 aromatic carbocycles. The average Bonchev–Trinajstić information content (AvgIpc) is 2.91. The molecule has 0 spiro atoms. The van der Waals surface area contributed by atoms with Crippen molar-refractivity contribution in [2.75, 3.05) is 25.4 Å². The Kier molecular flexibility index (Phi) is 4.61. The third-order valence-electron chi connectivity index (χ3n) is 3.23. The number of rotatable bonds is 4. The maximum Gasteiger partial charge on any atom is 0.255 e. The number of carbonyl (C=O) groups is 1. The van der Waals surface area contributed by atoms with E-state index in [1.54, 1.807) is 11.0 Å². The first-order valence-corrected chi connectivity index (χ1v) is 6.81. The van der Waals surface area contributed by atoms with Crippen LogP contribution in [0.4, 0.5) is 5.82 Å². The number of halogens is 1. The average molecular weight is 284 g/mol. The number of pyridine rings is 1. The van der Waals surface area contributed by atoms with E-state index in [0.29, 0.717) is 23.7 Å². The molecule has 104 valence electrons. The fourth-order valence-corrected chi connectivity index (χ4v) is 2.30.